The van der Waals surface area contributed by atoms with Crippen molar-refractivity contribution in [2.24, 2.45) is 5.92 Å². The summed E-state index contributed by atoms with van der Waals surface area (Å²) in [6.45, 7) is 2.97. The number of nitrogens with zero attached hydrogens (tertiary/aromatic N) is 1. The second-order valence-electron chi connectivity index (χ2n) is 6.12. The van der Waals surface area contributed by atoms with Gasteiger partial charge in [-0.25, -0.2) is 4.39 Å². The van der Waals surface area contributed by atoms with Crippen molar-refractivity contribution in [3.8, 4) is 0 Å². The number of thioether (sulfide) groups is 1. The lowest BCUT2D eigenvalue weighted by molar-refractivity contribution is -0.125. The molecule has 1 aliphatic heterocycles. The molecule has 1 aromatic rings. The number of carbonyl (C=O) groups is 2. The fourth-order valence-electron chi connectivity index (χ4n) is 3.14. The van der Waals surface area contributed by atoms with Crippen LogP contribution in [0.15, 0.2) is 24.3 Å². The van der Waals surface area contributed by atoms with Crippen LogP contribution in [-0.4, -0.2) is 34.1 Å². The molecule has 1 saturated heterocycles. The maximum Gasteiger partial charge on any atom is 0.186 e. The number of ketones is 1. The first-order valence-corrected chi connectivity index (χ1v) is 8.63. The molecule has 22 heavy (non-hydrogen) atoms. The van der Waals surface area contributed by atoms with Gasteiger partial charge in [0, 0.05) is 36.7 Å². The van der Waals surface area contributed by atoms with E-state index < -0.39 is 6.04 Å². The van der Waals surface area contributed by atoms with E-state index in [1.807, 2.05) is 0 Å². The Morgan fingerprint density at radius 3 is 2.64 bits per heavy atom. The molecule has 3 nitrogen and oxygen atoms in total. The minimum Gasteiger partial charge on any atom is -0.297 e. The Balaban J connectivity index is 1.82. The van der Waals surface area contributed by atoms with Crippen molar-refractivity contribution in [3.05, 3.63) is 35.6 Å². The number of rotatable bonds is 5. The van der Waals surface area contributed by atoms with E-state index in [0.717, 1.165) is 25.8 Å². The van der Waals surface area contributed by atoms with Crippen LogP contribution in [0.25, 0.3) is 0 Å². The topological polar surface area (TPSA) is 37.4 Å². The van der Waals surface area contributed by atoms with Gasteiger partial charge in [0.1, 0.15) is 5.82 Å². The van der Waals surface area contributed by atoms with Gasteiger partial charge in [0.15, 0.2) is 10.9 Å². The molecule has 1 heterocycles. The zero-order valence-corrected chi connectivity index (χ0v) is 13.4. The van der Waals surface area contributed by atoms with E-state index in [0.29, 0.717) is 12.1 Å². The van der Waals surface area contributed by atoms with Crippen LogP contribution < -0.4 is 0 Å². The lowest BCUT2D eigenvalue weighted by atomic mass is 9.98. The molecule has 3 rings (SSSR count). The van der Waals surface area contributed by atoms with Crippen LogP contribution in [0.3, 0.4) is 0 Å². The molecule has 2 unspecified atom stereocenters. The summed E-state index contributed by atoms with van der Waals surface area (Å²) in [4.78, 5) is 26.0. The minimum atomic E-state index is -0.494. The second-order valence-corrected chi connectivity index (χ2v) is 7.59. The fourth-order valence-corrected chi connectivity index (χ4v) is 4.10. The lowest BCUT2D eigenvalue weighted by Gasteiger charge is -2.27. The van der Waals surface area contributed by atoms with Gasteiger partial charge in [0.25, 0.3) is 0 Å². The smallest absolute Gasteiger partial charge is 0.186 e. The Kier molecular flexibility index (Phi) is 4.64. The van der Waals surface area contributed by atoms with E-state index in [9.17, 15) is 14.0 Å². The molecule has 2 fully saturated rings. The predicted molar refractivity (Wildman–Crippen MR) is 85.1 cm³/mol. The van der Waals surface area contributed by atoms with Crippen LogP contribution >= 0.6 is 11.8 Å². The molecule has 0 amide bonds. The molecule has 1 saturated carbocycles. The van der Waals surface area contributed by atoms with Crippen molar-refractivity contribution in [1.82, 2.24) is 4.90 Å². The van der Waals surface area contributed by atoms with Crippen molar-refractivity contribution in [2.75, 3.05) is 13.1 Å². The summed E-state index contributed by atoms with van der Waals surface area (Å²) in [5, 5.41) is 0.307. The Morgan fingerprint density at radius 2 is 2.00 bits per heavy atom. The molecule has 5 heteroatoms. The molecule has 2 atom stereocenters. The number of benzene rings is 1. The molecule has 118 valence electrons. The van der Waals surface area contributed by atoms with Crippen LogP contribution in [0.1, 0.15) is 37.8 Å². The van der Waals surface area contributed by atoms with Crippen molar-refractivity contribution in [3.63, 3.8) is 0 Å². The van der Waals surface area contributed by atoms with Gasteiger partial charge in [0.05, 0.1) is 6.04 Å². The molecule has 1 aromatic carbocycles. The first-order valence-electron chi connectivity index (χ1n) is 7.75. The minimum absolute atomic E-state index is 0.0871. The number of Topliss-reactive ketones (excluding diaryl/α,β-unsaturated/α-hetero) is 1. The highest BCUT2D eigenvalue weighted by Crippen LogP contribution is 2.39. The number of halogens is 1. The maximum atomic E-state index is 14.2. The highest BCUT2D eigenvalue weighted by molar-refractivity contribution is 8.14. The molecule has 1 aliphatic carbocycles. The van der Waals surface area contributed by atoms with Crippen LogP contribution in [0.2, 0.25) is 0 Å². The van der Waals surface area contributed by atoms with Gasteiger partial charge in [-0.2, -0.15) is 0 Å². The molecule has 0 bridgehead atoms. The van der Waals surface area contributed by atoms with Gasteiger partial charge in [-0.05, 0) is 25.3 Å². The largest absolute Gasteiger partial charge is 0.297 e. The average molecular weight is 321 g/mol. The molecule has 0 radical (unpaired) electrons. The highest BCUT2D eigenvalue weighted by Gasteiger charge is 2.41. The van der Waals surface area contributed by atoms with E-state index in [1.54, 1.807) is 25.1 Å². The maximum absolute atomic E-state index is 14.2. The third kappa shape index (κ3) is 3.41. The van der Waals surface area contributed by atoms with Gasteiger partial charge in [-0.3, -0.25) is 14.5 Å². The summed E-state index contributed by atoms with van der Waals surface area (Å²) in [6.07, 6.45) is 2.71. The molecular formula is C17H20FNO2S. The van der Waals surface area contributed by atoms with Crippen LogP contribution in [-0.2, 0) is 9.59 Å². The van der Waals surface area contributed by atoms with Crippen molar-refractivity contribution in [1.29, 1.82) is 0 Å². The van der Waals surface area contributed by atoms with Gasteiger partial charge in [-0.15, -0.1) is 0 Å². The molecular weight excluding hydrogens is 301 g/mol. The quantitative estimate of drug-likeness (QED) is 0.834. The highest BCUT2D eigenvalue weighted by atomic mass is 32.2. The zero-order chi connectivity index (χ0) is 15.7. The van der Waals surface area contributed by atoms with Crippen LogP contribution in [0.4, 0.5) is 4.39 Å². The average Bonchev–Trinajstić information content (AvgIpc) is 3.23. The van der Waals surface area contributed by atoms with E-state index in [1.165, 1.54) is 17.8 Å². The summed E-state index contributed by atoms with van der Waals surface area (Å²) >= 11 is 1.33. The summed E-state index contributed by atoms with van der Waals surface area (Å²) in [5.74, 6) is -0.0909. The fraction of sp³-hybridized carbons (Fsp3) is 0.529. The van der Waals surface area contributed by atoms with Gasteiger partial charge >= 0.3 is 0 Å². The van der Waals surface area contributed by atoms with Crippen molar-refractivity contribution >= 4 is 22.7 Å². The third-order valence-corrected chi connectivity index (χ3v) is 5.37. The van der Waals surface area contributed by atoms with Gasteiger partial charge < -0.3 is 0 Å². The van der Waals surface area contributed by atoms with E-state index in [2.05, 4.69) is 4.90 Å². The van der Waals surface area contributed by atoms with E-state index >= 15 is 0 Å². The van der Waals surface area contributed by atoms with E-state index in [-0.39, 0.29) is 27.9 Å². The van der Waals surface area contributed by atoms with Crippen molar-refractivity contribution < 1.29 is 14.0 Å². The zero-order valence-electron chi connectivity index (χ0n) is 12.6. The number of likely N-dealkylation sites (tertiary alicyclic amines) is 1. The molecule has 0 aromatic heterocycles. The normalized spacial score (nSPS) is 23.5. The summed E-state index contributed by atoms with van der Waals surface area (Å²) in [6, 6.07) is 6.07. The Bertz CT molecular complexity index is 588. The summed E-state index contributed by atoms with van der Waals surface area (Å²) in [7, 11) is 0. The molecule has 2 aliphatic rings. The van der Waals surface area contributed by atoms with Crippen molar-refractivity contribution in [2.45, 2.75) is 37.5 Å². The molecule has 0 N–H and O–H groups in total. The SMILES string of the molecule is CC(=O)SC1CCN(C(C(=O)C2CC2)c2ccccc2F)C1. The Labute approximate surface area is 134 Å². The molecule has 0 spiro atoms. The van der Waals surface area contributed by atoms with Gasteiger partial charge in [0.2, 0.25) is 0 Å². The predicted octanol–water partition coefficient (Wildman–Crippen LogP) is 3.20. The Hall–Kier alpha value is -1.20. The summed E-state index contributed by atoms with van der Waals surface area (Å²) < 4.78 is 14.2. The monoisotopic (exact) mass is 321 g/mol. The number of carbonyl (C=O) groups excluding carboxylic acids is 2. The summed E-state index contributed by atoms with van der Waals surface area (Å²) in [5.41, 5.74) is 0.480. The standard InChI is InChI=1S/C17H20FNO2S/c1-11(20)22-13-8-9-19(10-13)16(17(21)12-6-7-12)14-4-2-3-5-15(14)18/h2-5,12-13,16H,6-10H2,1H3. The van der Waals surface area contributed by atoms with E-state index in [4.69, 9.17) is 0 Å². The lowest BCUT2D eigenvalue weighted by Crippen LogP contribution is -2.34. The van der Waals surface area contributed by atoms with Crippen LogP contribution in [0.5, 0.6) is 0 Å². The number of hydrogen-bond acceptors (Lipinski definition) is 4. The van der Waals surface area contributed by atoms with Crippen LogP contribution in [0, 0.1) is 11.7 Å². The third-order valence-electron chi connectivity index (χ3n) is 4.32. The number of hydrogen-bond donors (Lipinski definition) is 0. The van der Waals surface area contributed by atoms with Gasteiger partial charge in [-0.1, -0.05) is 30.0 Å². The first kappa shape index (κ1) is 15.7. The first-order chi connectivity index (χ1) is 10.6. The second kappa shape index (κ2) is 6.50. The Morgan fingerprint density at radius 1 is 1.27 bits per heavy atom.